The van der Waals surface area contributed by atoms with Gasteiger partial charge >= 0.3 is 5.97 Å². The molecule has 94 valence electrons. The van der Waals surface area contributed by atoms with Crippen LogP contribution in [0.2, 0.25) is 0 Å². The molecule has 0 spiro atoms. The second-order valence-corrected chi connectivity index (χ2v) is 5.28. The highest BCUT2D eigenvalue weighted by atomic mass is 16.6. The van der Waals surface area contributed by atoms with E-state index in [0.29, 0.717) is 6.61 Å². The van der Waals surface area contributed by atoms with Crippen LogP contribution in [0.15, 0.2) is 0 Å². The number of hydrogen-bond acceptors (Lipinski definition) is 4. The molecule has 0 bridgehead atoms. The van der Waals surface area contributed by atoms with E-state index in [-0.39, 0.29) is 17.9 Å². The molecule has 0 radical (unpaired) electrons. The number of esters is 1. The molecule has 1 aliphatic rings. The molecule has 1 heterocycles. The Bertz CT molecular complexity index is 229. The van der Waals surface area contributed by atoms with Gasteiger partial charge in [-0.2, -0.15) is 0 Å². The van der Waals surface area contributed by atoms with Gasteiger partial charge in [-0.25, -0.2) is 0 Å². The number of carbonyl (C=O) groups is 1. The average Bonchev–Trinajstić information content (AvgIpc) is 2.17. The van der Waals surface area contributed by atoms with Crippen molar-refractivity contribution in [2.45, 2.75) is 45.3 Å². The Balaban J connectivity index is 2.55. The molecule has 2 unspecified atom stereocenters. The Morgan fingerprint density at radius 2 is 2.19 bits per heavy atom. The van der Waals surface area contributed by atoms with Gasteiger partial charge in [-0.1, -0.05) is 0 Å². The van der Waals surface area contributed by atoms with Gasteiger partial charge in [-0.3, -0.25) is 4.79 Å². The lowest BCUT2D eigenvalue weighted by Gasteiger charge is -2.31. The van der Waals surface area contributed by atoms with Crippen LogP contribution in [0.25, 0.3) is 0 Å². The van der Waals surface area contributed by atoms with Crippen LogP contribution in [0.3, 0.4) is 0 Å². The van der Waals surface area contributed by atoms with Crippen LogP contribution in [0.1, 0.15) is 33.6 Å². The van der Waals surface area contributed by atoms with Crippen molar-refractivity contribution in [2.24, 2.45) is 5.92 Å². The van der Waals surface area contributed by atoms with Crippen LogP contribution >= 0.6 is 0 Å². The summed E-state index contributed by atoms with van der Waals surface area (Å²) in [4.78, 5) is 11.9. The zero-order valence-electron chi connectivity index (χ0n) is 10.7. The van der Waals surface area contributed by atoms with Gasteiger partial charge in [-0.15, -0.1) is 0 Å². The van der Waals surface area contributed by atoms with E-state index in [1.807, 2.05) is 20.8 Å². The molecule has 0 aromatic carbocycles. The van der Waals surface area contributed by atoms with Gasteiger partial charge in [0, 0.05) is 12.5 Å². The summed E-state index contributed by atoms with van der Waals surface area (Å²) in [6.07, 6.45) is 2.04. The lowest BCUT2D eigenvalue weighted by atomic mass is 9.93. The van der Waals surface area contributed by atoms with Gasteiger partial charge in [0.15, 0.2) is 0 Å². The van der Waals surface area contributed by atoms with Crippen LogP contribution in [0.5, 0.6) is 0 Å². The highest BCUT2D eigenvalue weighted by Crippen LogP contribution is 2.20. The number of likely N-dealkylation sites (N-methyl/N-ethyl adjacent to an activating group) is 1. The number of carbonyl (C=O) groups excluding carboxylic acids is 1. The quantitative estimate of drug-likeness (QED) is 0.742. The Hall–Kier alpha value is -0.610. The molecule has 1 aliphatic heterocycles. The number of rotatable bonds is 3. The van der Waals surface area contributed by atoms with Gasteiger partial charge in [0.2, 0.25) is 0 Å². The summed E-state index contributed by atoms with van der Waals surface area (Å²) in [6, 6.07) is -0.250. The van der Waals surface area contributed by atoms with Gasteiger partial charge in [0.25, 0.3) is 0 Å². The van der Waals surface area contributed by atoms with E-state index in [0.717, 1.165) is 19.4 Å². The molecule has 0 saturated carbocycles. The molecule has 0 aromatic heterocycles. The molecule has 1 saturated heterocycles. The van der Waals surface area contributed by atoms with Crippen LogP contribution < -0.4 is 5.32 Å². The summed E-state index contributed by atoms with van der Waals surface area (Å²) in [5.74, 6) is 0.0547. The van der Waals surface area contributed by atoms with E-state index in [9.17, 15) is 4.79 Å². The fourth-order valence-electron chi connectivity index (χ4n) is 1.94. The number of hydrogen-bond donors (Lipinski definition) is 1. The van der Waals surface area contributed by atoms with Gasteiger partial charge in [-0.05, 0) is 40.7 Å². The van der Waals surface area contributed by atoms with Crippen LogP contribution in [-0.2, 0) is 14.3 Å². The highest BCUT2D eigenvalue weighted by molar-refractivity contribution is 5.76. The zero-order valence-corrected chi connectivity index (χ0v) is 10.7. The predicted octanol–water partition coefficient (Wildman–Crippen LogP) is 1.34. The molecule has 1 fully saturated rings. The van der Waals surface area contributed by atoms with Crippen molar-refractivity contribution >= 4 is 5.97 Å². The summed E-state index contributed by atoms with van der Waals surface area (Å²) >= 11 is 0. The van der Waals surface area contributed by atoms with Crippen LogP contribution in [0, 0.1) is 5.92 Å². The molecular formula is C12H23NO3. The monoisotopic (exact) mass is 229 g/mol. The minimum atomic E-state index is -0.429. The van der Waals surface area contributed by atoms with Gasteiger partial charge in [0.1, 0.15) is 11.6 Å². The first kappa shape index (κ1) is 13.5. The summed E-state index contributed by atoms with van der Waals surface area (Å²) in [7, 11) is 1.79. The lowest BCUT2D eigenvalue weighted by Crippen LogP contribution is -2.47. The van der Waals surface area contributed by atoms with E-state index >= 15 is 0 Å². The Kier molecular flexibility index (Phi) is 4.74. The fraction of sp³-hybridized carbons (Fsp3) is 0.917. The van der Waals surface area contributed by atoms with E-state index in [4.69, 9.17) is 9.47 Å². The topological polar surface area (TPSA) is 47.6 Å². The molecule has 0 amide bonds. The molecule has 4 nitrogen and oxygen atoms in total. The number of nitrogens with one attached hydrogen (secondary N) is 1. The van der Waals surface area contributed by atoms with Crippen molar-refractivity contribution in [1.82, 2.24) is 5.32 Å². The average molecular weight is 229 g/mol. The SMILES string of the molecule is CNC(C(=O)OC(C)(C)C)C1CCCOC1. The van der Waals surface area contributed by atoms with Crippen molar-refractivity contribution in [3.05, 3.63) is 0 Å². The second kappa shape index (κ2) is 5.64. The van der Waals surface area contributed by atoms with Crippen molar-refractivity contribution in [2.75, 3.05) is 20.3 Å². The summed E-state index contributed by atoms with van der Waals surface area (Å²) < 4.78 is 10.8. The third kappa shape index (κ3) is 4.10. The first-order valence-electron chi connectivity index (χ1n) is 5.92. The molecular weight excluding hydrogens is 206 g/mol. The third-order valence-corrected chi connectivity index (χ3v) is 2.64. The van der Waals surface area contributed by atoms with Crippen molar-refractivity contribution in [3.63, 3.8) is 0 Å². The molecule has 0 aromatic rings. The van der Waals surface area contributed by atoms with Gasteiger partial charge in [0.05, 0.1) is 6.61 Å². The third-order valence-electron chi connectivity index (χ3n) is 2.64. The predicted molar refractivity (Wildman–Crippen MR) is 62.2 cm³/mol. The summed E-state index contributed by atoms with van der Waals surface area (Å²) in [5.41, 5.74) is -0.429. The maximum Gasteiger partial charge on any atom is 0.324 e. The maximum atomic E-state index is 11.9. The van der Waals surface area contributed by atoms with Gasteiger partial charge < -0.3 is 14.8 Å². The Labute approximate surface area is 97.7 Å². The van der Waals surface area contributed by atoms with Crippen molar-refractivity contribution in [3.8, 4) is 0 Å². The Morgan fingerprint density at radius 3 is 2.62 bits per heavy atom. The smallest absolute Gasteiger partial charge is 0.324 e. The molecule has 0 aliphatic carbocycles. The van der Waals surface area contributed by atoms with Crippen LogP contribution in [-0.4, -0.2) is 37.9 Å². The molecule has 2 atom stereocenters. The largest absolute Gasteiger partial charge is 0.459 e. The molecule has 16 heavy (non-hydrogen) atoms. The number of ether oxygens (including phenoxy) is 2. The second-order valence-electron chi connectivity index (χ2n) is 5.28. The molecule has 1 N–H and O–H groups in total. The lowest BCUT2D eigenvalue weighted by molar-refractivity contribution is -0.160. The normalized spacial score (nSPS) is 23.9. The van der Waals surface area contributed by atoms with E-state index < -0.39 is 5.60 Å². The first-order chi connectivity index (χ1) is 7.44. The highest BCUT2D eigenvalue weighted by Gasteiger charge is 2.32. The zero-order chi connectivity index (χ0) is 12.2. The van der Waals surface area contributed by atoms with E-state index in [2.05, 4.69) is 5.32 Å². The van der Waals surface area contributed by atoms with E-state index in [1.165, 1.54) is 0 Å². The van der Waals surface area contributed by atoms with Crippen molar-refractivity contribution < 1.29 is 14.3 Å². The van der Waals surface area contributed by atoms with Crippen LogP contribution in [0.4, 0.5) is 0 Å². The Morgan fingerprint density at radius 1 is 1.50 bits per heavy atom. The van der Waals surface area contributed by atoms with Crippen molar-refractivity contribution in [1.29, 1.82) is 0 Å². The first-order valence-corrected chi connectivity index (χ1v) is 5.92. The minimum absolute atomic E-state index is 0.175. The molecule has 1 rings (SSSR count). The standard InChI is InChI=1S/C12H23NO3/c1-12(2,3)16-11(14)10(13-4)9-6-5-7-15-8-9/h9-10,13H,5-8H2,1-4H3. The summed E-state index contributed by atoms with van der Waals surface area (Å²) in [5, 5.41) is 3.04. The molecule has 4 heteroatoms. The maximum absolute atomic E-state index is 11.9. The minimum Gasteiger partial charge on any atom is -0.459 e. The van der Waals surface area contributed by atoms with E-state index in [1.54, 1.807) is 7.05 Å². The summed E-state index contributed by atoms with van der Waals surface area (Å²) in [6.45, 7) is 7.10. The fourth-order valence-corrected chi connectivity index (χ4v) is 1.94.